The van der Waals surface area contributed by atoms with Crippen molar-refractivity contribution in [2.45, 2.75) is 51.0 Å². The van der Waals surface area contributed by atoms with E-state index in [1.807, 2.05) is 0 Å². The van der Waals surface area contributed by atoms with Gasteiger partial charge in [-0.1, -0.05) is 55.1 Å². The van der Waals surface area contributed by atoms with Crippen LogP contribution < -0.4 is 10.6 Å². The molecule has 3 nitrogen and oxygen atoms in total. The van der Waals surface area contributed by atoms with E-state index in [4.69, 9.17) is 29.6 Å². The molecule has 1 aromatic rings. The highest BCUT2D eigenvalue weighted by Crippen LogP contribution is 2.50. The Balaban J connectivity index is 1.87. The van der Waals surface area contributed by atoms with Gasteiger partial charge in [0, 0.05) is 29.6 Å². The number of allylic oxidation sites excluding steroid dienone is 3. The molecule has 1 aliphatic heterocycles. The molecule has 2 fully saturated rings. The van der Waals surface area contributed by atoms with E-state index in [1.54, 1.807) is 24.3 Å². The molecule has 0 bridgehead atoms. The Morgan fingerprint density at radius 2 is 2.06 bits per heavy atom. The normalized spacial score (nSPS) is 25.0. The van der Waals surface area contributed by atoms with Gasteiger partial charge < -0.3 is 10.6 Å². The number of rotatable bonds is 5. The van der Waals surface area contributed by atoms with E-state index in [0.717, 1.165) is 25.7 Å². The van der Waals surface area contributed by atoms with Crippen LogP contribution in [-0.4, -0.2) is 24.5 Å². The number of terminal acetylenes is 1. The molecule has 1 aromatic carbocycles. The highest BCUT2D eigenvalue weighted by Gasteiger charge is 2.54. The Morgan fingerprint density at radius 3 is 2.74 bits per heavy atom. The summed E-state index contributed by atoms with van der Waals surface area (Å²) >= 11 is 12.1. The van der Waals surface area contributed by atoms with Crippen molar-refractivity contribution >= 4 is 29.1 Å². The van der Waals surface area contributed by atoms with Crippen molar-refractivity contribution in [1.29, 1.82) is 0 Å². The largest absolute Gasteiger partial charge is 0.352 e. The minimum Gasteiger partial charge on any atom is -0.352 e. The number of amides is 1. The highest BCUT2D eigenvalue weighted by atomic mass is 35.5. The van der Waals surface area contributed by atoms with Gasteiger partial charge in [0.1, 0.15) is 5.82 Å². The van der Waals surface area contributed by atoms with Crippen molar-refractivity contribution < 1.29 is 9.18 Å². The fourth-order valence-corrected chi connectivity index (χ4v) is 5.19. The van der Waals surface area contributed by atoms with Crippen LogP contribution in [0.1, 0.15) is 51.0 Å². The first-order chi connectivity index (χ1) is 14.7. The summed E-state index contributed by atoms with van der Waals surface area (Å²) in [5, 5.41) is 7.13. The molecule has 2 atom stereocenters. The average Bonchev–Trinajstić information content (AvgIpc) is 3.10. The van der Waals surface area contributed by atoms with Gasteiger partial charge >= 0.3 is 0 Å². The SMILES string of the molecule is C#C/C=C\C(Cl)=C/CNC(=O)C1C(c2cccc(Cl)c2F)CNC12CCC(C)(C)CC2. The van der Waals surface area contributed by atoms with E-state index in [0.29, 0.717) is 17.1 Å². The smallest absolute Gasteiger partial charge is 0.225 e. The molecule has 2 unspecified atom stereocenters. The number of hydrogen-bond acceptors (Lipinski definition) is 2. The second kappa shape index (κ2) is 9.77. The van der Waals surface area contributed by atoms with Crippen molar-refractivity contribution in [3.05, 3.63) is 57.9 Å². The molecule has 6 heteroatoms. The Bertz CT molecular complexity index is 922. The lowest BCUT2D eigenvalue weighted by Gasteiger charge is -2.45. The fraction of sp³-hybridized carbons (Fsp3) is 0.480. The van der Waals surface area contributed by atoms with Gasteiger partial charge in [-0.25, -0.2) is 4.39 Å². The van der Waals surface area contributed by atoms with E-state index in [-0.39, 0.29) is 34.3 Å². The number of halogens is 3. The zero-order chi connectivity index (χ0) is 22.6. The molecule has 0 aromatic heterocycles. The lowest BCUT2D eigenvalue weighted by atomic mass is 9.63. The summed E-state index contributed by atoms with van der Waals surface area (Å²) in [6.07, 6.45) is 13.7. The van der Waals surface area contributed by atoms with Crippen LogP contribution in [0, 0.1) is 29.5 Å². The molecule has 0 radical (unpaired) electrons. The standard InChI is InChI=1S/C25H29Cl2FN2O/c1-4-5-7-17(26)10-15-29-23(31)21-19(18-8-6-9-20(27)22(18)28)16-30-25(21)13-11-24(2,3)12-14-25/h1,5-10,19,21,30H,11-16H2,2-3H3,(H,29,31)/b7-5-,17-10+. The molecule has 166 valence electrons. The third kappa shape index (κ3) is 5.34. The molecular formula is C25H29Cl2FN2O. The van der Waals surface area contributed by atoms with Gasteiger partial charge in [-0.2, -0.15) is 0 Å². The molecule has 1 saturated carbocycles. The van der Waals surface area contributed by atoms with Gasteiger partial charge in [0.25, 0.3) is 0 Å². The molecule has 1 saturated heterocycles. The van der Waals surface area contributed by atoms with E-state index >= 15 is 0 Å². The Labute approximate surface area is 194 Å². The van der Waals surface area contributed by atoms with Gasteiger partial charge in [0.15, 0.2) is 0 Å². The van der Waals surface area contributed by atoms with Gasteiger partial charge in [0.2, 0.25) is 5.91 Å². The maximum Gasteiger partial charge on any atom is 0.225 e. The summed E-state index contributed by atoms with van der Waals surface area (Å²) in [7, 11) is 0. The van der Waals surface area contributed by atoms with Crippen molar-refractivity contribution in [2.75, 3.05) is 13.1 Å². The first kappa shape index (κ1) is 23.9. The Morgan fingerprint density at radius 1 is 1.35 bits per heavy atom. The van der Waals surface area contributed by atoms with E-state index in [2.05, 4.69) is 30.4 Å². The van der Waals surface area contributed by atoms with Crippen LogP contribution in [0.3, 0.4) is 0 Å². The summed E-state index contributed by atoms with van der Waals surface area (Å²) in [6.45, 7) is 5.33. The quantitative estimate of drug-likeness (QED) is 0.444. The predicted octanol–water partition coefficient (Wildman–Crippen LogP) is 5.55. The summed E-state index contributed by atoms with van der Waals surface area (Å²) in [5.41, 5.74) is 0.385. The van der Waals surface area contributed by atoms with Crippen LogP contribution in [0.5, 0.6) is 0 Å². The van der Waals surface area contributed by atoms with Crippen molar-refractivity contribution in [3.8, 4) is 12.3 Å². The van der Waals surface area contributed by atoms with Gasteiger partial charge in [0.05, 0.1) is 10.9 Å². The third-order valence-corrected chi connectivity index (χ3v) is 7.32. The Hall–Kier alpha value is -1.80. The molecule has 2 N–H and O–H groups in total. The van der Waals surface area contributed by atoms with Crippen LogP contribution in [0.2, 0.25) is 5.02 Å². The lowest BCUT2D eigenvalue weighted by Crippen LogP contribution is -2.53. The predicted molar refractivity (Wildman–Crippen MR) is 126 cm³/mol. The maximum absolute atomic E-state index is 14.9. The zero-order valence-corrected chi connectivity index (χ0v) is 19.5. The maximum atomic E-state index is 14.9. The third-order valence-electron chi connectivity index (χ3n) is 6.74. The molecule has 1 heterocycles. The van der Waals surface area contributed by atoms with E-state index in [9.17, 15) is 9.18 Å². The summed E-state index contributed by atoms with van der Waals surface area (Å²) in [4.78, 5) is 13.4. The summed E-state index contributed by atoms with van der Waals surface area (Å²) in [6, 6.07) is 5.01. The molecule has 31 heavy (non-hydrogen) atoms. The number of carbonyl (C=O) groups is 1. The number of benzene rings is 1. The summed E-state index contributed by atoms with van der Waals surface area (Å²) < 4.78 is 14.9. The zero-order valence-electron chi connectivity index (χ0n) is 18.0. The van der Waals surface area contributed by atoms with Crippen molar-refractivity contribution in [2.24, 2.45) is 11.3 Å². The highest BCUT2D eigenvalue weighted by molar-refractivity contribution is 6.31. The first-order valence-corrected chi connectivity index (χ1v) is 11.4. The topological polar surface area (TPSA) is 41.1 Å². The lowest BCUT2D eigenvalue weighted by molar-refractivity contribution is -0.127. The Kier molecular flexibility index (Phi) is 7.52. The molecule has 1 amide bonds. The number of carbonyl (C=O) groups excluding carboxylic acids is 1. The van der Waals surface area contributed by atoms with Crippen molar-refractivity contribution in [3.63, 3.8) is 0 Å². The minimum atomic E-state index is -0.440. The van der Waals surface area contributed by atoms with Crippen molar-refractivity contribution in [1.82, 2.24) is 10.6 Å². The van der Waals surface area contributed by atoms with E-state index < -0.39 is 11.7 Å². The van der Waals surface area contributed by atoms with Crippen LogP contribution in [-0.2, 0) is 4.79 Å². The number of hydrogen-bond donors (Lipinski definition) is 2. The molecule has 3 rings (SSSR count). The van der Waals surface area contributed by atoms with Crippen LogP contribution in [0.4, 0.5) is 4.39 Å². The first-order valence-electron chi connectivity index (χ1n) is 10.6. The minimum absolute atomic E-state index is 0.0809. The second-order valence-corrected chi connectivity index (χ2v) is 10.1. The molecule has 1 spiro atoms. The van der Waals surface area contributed by atoms with E-state index in [1.165, 1.54) is 12.1 Å². The van der Waals surface area contributed by atoms with Crippen LogP contribution in [0.25, 0.3) is 0 Å². The monoisotopic (exact) mass is 462 g/mol. The average molecular weight is 463 g/mol. The fourth-order valence-electron chi connectivity index (χ4n) is 4.87. The van der Waals surface area contributed by atoms with Crippen LogP contribution in [0.15, 0.2) is 41.5 Å². The second-order valence-electron chi connectivity index (χ2n) is 9.26. The van der Waals surface area contributed by atoms with Gasteiger partial charge in [-0.3, -0.25) is 4.79 Å². The van der Waals surface area contributed by atoms with Crippen LogP contribution >= 0.6 is 23.2 Å². The summed E-state index contributed by atoms with van der Waals surface area (Å²) in [5.74, 6) is 1.14. The number of nitrogens with one attached hydrogen (secondary N) is 2. The van der Waals surface area contributed by atoms with Gasteiger partial charge in [-0.05, 0) is 61.0 Å². The van der Waals surface area contributed by atoms with Gasteiger partial charge in [-0.15, -0.1) is 6.42 Å². The molecule has 2 aliphatic rings. The molecule has 1 aliphatic carbocycles. The molecular weight excluding hydrogens is 434 g/mol.